The molecule has 0 saturated heterocycles. The number of aryl methyl sites for hydroxylation is 3. The Morgan fingerprint density at radius 1 is 1.29 bits per heavy atom. The number of ether oxygens (including phenoxy) is 1. The third-order valence-electron chi connectivity index (χ3n) is 3.69. The Balaban J connectivity index is 2.35. The van der Waals surface area contributed by atoms with Crippen molar-refractivity contribution in [3.05, 3.63) is 35.0 Å². The largest absolute Gasteiger partial charge is 0.437 e. The van der Waals surface area contributed by atoms with Gasteiger partial charge in [0.2, 0.25) is 5.88 Å². The Hall–Kier alpha value is -1.97. The summed E-state index contributed by atoms with van der Waals surface area (Å²) in [5, 5.41) is 4.38. The zero-order valence-electron chi connectivity index (χ0n) is 13.8. The van der Waals surface area contributed by atoms with Crippen LogP contribution in [0.4, 0.5) is 5.69 Å². The quantitative estimate of drug-likeness (QED) is 0.929. The first kappa shape index (κ1) is 15.4. The first-order valence-electron chi connectivity index (χ1n) is 7.34. The minimum atomic E-state index is 0.129. The molecule has 1 aromatic carbocycles. The highest BCUT2D eigenvalue weighted by atomic mass is 16.5. The van der Waals surface area contributed by atoms with Crippen LogP contribution in [0, 0.1) is 6.92 Å². The number of benzene rings is 1. The van der Waals surface area contributed by atoms with Gasteiger partial charge in [-0.1, -0.05) is 39.8 Å². The molecule has 2 N–H and O–H groups in total. The van der Waals surface area contributed by atoms with E-state index in [4.69, 9.17) is 10.5 Å². The van der Waals surface area contributed by atoms with Gasteiger partial charge in [0.1, 0.15) is 11.4 Å². The molecule has 0 fully saturated rings. The molecular weight excluding hydrogens is 262 g/mol. The van der Waals surface area contributed by atoms with Gasteiger partial charge in [0.05, 0.1) is 5.69 Å². The summed E-state index contributed by atoms with van der Waals surface area (Å²) >= 11 is 0. The van der Waals surface area contributed by atoms with Crippen molar-refractivity contribution >= 4 is 5.69 Å². The summed E-state index contributed by atoms with van der Waals surface area (Å²) in [6.45, 7) is 10.7. The van der Waals surface area contributed by atoms with E-state index < -0.39 is 0 Å². The molecular formula is C17H25N3O. The molecule has 0 radical (unpaired) electrons. The van der Waals surface area contributed by atoms with Crippen molar-refractivity contribution in [2.24, 2.45) is 7.05 Å². The maximum atomic E-state index is 6.10. The molecule has 0 aliphatic rings. The highest BCUT2D eigenvalue weighted by Gasteiger charge is 2.17. The van der Waals surface area contributed by atoms with Crippen LogP contribution in [0.5, 0.6) is 11.6 Å². The molecule has 4 nitrogen and oxygen atoms in total. The number of nitrogens with two attached hydrogens (primary N) is 1. The van der Waals surface area contributed by atoms with Crippen LogP contribution in [0.1, 0.15) is 44.5 Å². The van der Waals surface area contributed by atoms with Crippen molar-refractivity contribution in [2.45, 2.75) is 46.5 Å². The Bertz CT molecular complexity index is 651. The summed E-state index contributed by atoms with van der Waals surface area (Å²) in [6, 6.07) is 6.28. The molecule has 0 aliphatic carbocycles. The van der Waals surface area contributed by atoms with Crippen LogP contribution in [0.15, 0.2) is 18.2 Å². The summed E-state index contributed by atoms with van der Waals surface area (Å²) in [5.74, 6) is 1.43. The smallest absolute Gasteiger partial charge is 0.241 e. The number of hydrogen-bond donors (Lipinski definition) is 1. The van der Waals surface area contributed by atoms with E-state index >= 15 is 0 Å². The van der Waals surface area contributed by atoms with Gasteiger partial charge in [-0.3, -0.25) is 0 Å². The molecule has 21 heavy (non-hydrogen) atoms. The van der Waals surface area contributed by atoms with Gasteiger partial charge in [-0.25, -0.2) is 4.68 Å². The van der Waals surface area contributed by atoms with Gasteiger partial charge in [0, 0.05) is 7.05 Å². The molecule has 114 valence electrons. The molecule has 2 rings (SSSR count). The fraction of sp³-hybridized carbons (Fsp3) is 0.471. The predicted octanol–water partition coefficient (Wildman–Crippen LogP) is 3.96. The SMILES string of the molecule is CCc1nn(C)c(Oc2ccc(C(C)(C)C)cc2C)c1N. The van der Waals surface area contributed by atoms with E-state index in [9.17, 15) is 0 Å². The van der Waals surface area contributed by atoms with E-state index in [-0.39, 0.29) is 5.41 Å². The maximum Gasteiger partial charge on any atom is 0.241 e. The molecule has 0 saturated carbocycles. The first-order valence-corrected chi connectivity index (χ1v) is 7.34. The van der Waals surface area contributed by atoms with Crippen LogP contribution < -0.4 is 10.5 Å². The van der Waals surface area contributed by atoms with Crippen LogP contribution in [0.2, 0.25) is 0 Å². The number of nitrogens with zero attached hydrogens (tertiary/aromatic N) is 2. The number of rotatable bonds is 3. The standard InChI is InChI=1S/C17H25N3O/c1-7-13-15(18)16(20(6)19-13)21-14-9-8-12(10-11(14)2)17(3,4)5/h8-10H,7,18H2,1-6H3. The molecule has 1 heterocycles. The van der Waals surface area contributed by atoms with Gasteiger partial charge in [-0.05, 0) is 36.0 Å². The van der Waals surface area contributed by atoms with E-state index in [1.807, 2.05) is 20.0 Å². The fourth-order valence-electron chi connectivity index (χ4n) is 2.29. The van der Waals surface area contributed by atoms with Crippen molar-refractivity contribution in [1.82, 2.24) is 9.78 Å². The molecule has 0 amide bonds. The lowest BCUT2D eigenvalue weighted by Gasteiger charge is -2.20. The van der Waals surface area contributed by atoms with Crippen molar-refractivity contribution < 1.29 is 4.74 Å². The molecule has 0 bridgehead atoms. The zero-order valence-corrected chi connectivity index (χ0v) is 13.8. The van der Waals surface area contributed by atoms with Gasteiger partial charge < -0.3 is 10.5 Å². The van der Waals surface area contributed by atoms with Gasteiger partial charge in [0.15, 0.2) is 0 Å². The topological polar surface area (TPSA) is 53.1 Å². The zero-order chi connectivity index (χ0) is 15.8. The number of anilines is 1. The maximum absolute atomic E-state index is 6.10. The second kappa shape index (κ2) is 5.43. The monoisotopic (exact) mass is 287 g/mol. The van der Waals surface area contributed by atoms with Crippen molar-refractivity contribution in [3.8, 4) is 11.6 Å². The third kappa shape index (κ3) is 3.04. The number of aromatic nitrogens is 2. The Morgan fingerprint density at radius 2 is 1.95 bits per heavy atom. The molecule has 0 unspecified atom stereocenters. The third-order valence-corrected chi connectivity index (χ3v) is 3.69. The summed E-state index contributed by atoms with van der Waals surface area (Å²) < 4.78 is 7.70. The van der Waals surface area contributed by atoms with Gasteiger partial charge in [-0.15, -0.1) is 0 Å². The average Bonchev–Trinajstić information content (AvgIpc) is 2.67. The van der Waals surface area contributed by atoms with Gasteiger partial charge in [-0.2, -0.15) is 5.10 Å². The second-order valence-electron chi connectivity index (χ2n) is 6.48. The van der Waals surface area contributed by atoms with Crippen LogP contribution in [-0.2, 0) is 18.9 Å². The molecule has 2 aromatic rings. The van der Waals surface area contributed by atoms with E-state index in [0.29, 0.717) is 11.6 Å². The highest BCUT2D eigenvalue weighted by Crippen LogP contribution is 2.33. The van der Waals surface area contributed by atoms with Crippen molar-refractivity contribution in [2.75, 3.05) is 5.73 Å². The Kier molecular flexibility index (Phi) is 3.99. The number of hydrogen-bond acceptors (Lipinski definition) is 3. The summed E-state index contributed by atoms with van der Waals surface area (Å²) in [4.78, 5) is 0. The summed E-state index contributed by atoms with van der Waals surface area (Å²) in [7, 11) is 1.85. The minimum absolute atomic E-state index is 0.129. The molecule has 4 heteroatoms. The lowest BCUT2D eigenvalue weighted by molar-refractivity contribution is 0.429. The van der Waals surface area contributed by atoms with Crippen LogP contribution >= 0.6 is 0 Å². The molecule has 0 atom stereocenters. The van der Waals surface area contributed by atoms with E-state index in [1.165, 1.54) is 5.56 Å². The minimum Gasteiger partial charge on any atom is -0.437 e. The fourth-order valence-corrected chi connectivity index (χ4v) is 2.29. The molecule has 0 aliphatic heterocycles. The molecule has 1 aromatic heterocycles. The van der Waals surface area contributed by atoms with Crippen LogP contribution in [-0.4, -0.2) is 9.78 Å². The van der Waals surface area contributed by atoms with E-state index in [1.54, 1.807) is 4.68 Å². The lowest BCUT2D eigenvalue weighted by atomic mass is 9.86. The van der Waals surface area contributed by atoms with Crippen LogP contribution in [0.3, 0.4) is 0 Å². The first-order chi connectivity index (χ1) is 9.74. The average molecular weight is 287 g/mol. The summed E-state index contributed by atoms with van der Waals surface area (Å²) in [5.41, 5.74) is 10.1. The normalized spacial score (nSPS) is 11.7. The van der Waals surface area contributed by atoms with Gasteiger partial charge >= 0.3 is 0 Å². The Morgan fingerprint density at radius 3 is 2.43 bits per heavy atom. The highest BCUT2D eigenvalue weighted by molar-refractivity contribution is 5.55. The second-order valence-corrected chi connectivity index (χ2v) is 6.48. The number of nitrogen functional groups attached to an aromatic ring is 1. The van der Waals surface area contributed by atoms with Crippen LogP contribution in [0.25, 0.3) is 0 Å². The Labute approximate surface area is 126 Å². The lowest BCUT2D eigenvalue weighted by Crippen LogP contribution is -2.11. The van der Waals surface area contributed by atoms with Gasteiger partial charge in [0.25, 0.3) is 0 Å². The van der Waals surface area contributed by atoms with E-state index in [0.717, 1.165) is 23.4 Å². The summed E-state index contributed by atoms with van der Waals surface area (Å²) in [6.07, 6.45) is 0.797. The molecule has 0 spiro atoms. The van der Waals surface area contributed by atoms with Crippen molar-refractivity contribution in [3.63, 3.8) is 0 Å². The predicted molar refractivity (Wildman–Crippen MR) is 87.0 cm³/mol. The van der Waals surface area contributed by atoms with Crippen molar-refractivity contribution in [1.29, 1.82) is 0 Å². The van der Waals surface area contributed by atoms with E-state index in [2.05, 4.69) is 44.9 Å².